The molecular weight excluding hydrogens is 248 g/mol. The van der Waals surface area contributed by atoms with Crippen LogP contribution >= 0.6 is 0 Å². The quantitative estimate of drug-likeness (QED) is 0.839. The highest BCUT2D eigenvalue weighted by Crippen LogP contribution is 2.32. The number of nitrogens with zero attached hydrogens (tertiary/aromatic N) is 1. The summed E-state index contributed by atoms with van der Waals surface area (Å²) >= 11 is 0. The first kappa shape index (κ1) is 16.3. The van der Waals surface area contributed by atoms with Crippen molar-refractivity contribution in [1.29, 1.82) is 0 Å². The van der Waals surface area contributed by atoms with E-state index in [0.29, 0.717) is 12.1 Å². The van der Waals surface area contributed by atoms with Gasteiger partial charge in [0.2, 0.25) is 0 Å². The van der Waals surface area contributed by atoms with Crippen LogP contribution < -0.4 is 5.32 Å². The van der Waals surface area contributed by atoms with Crippen LogP contribution in [0.5, 0.6) is 0 Å². The molecule has 1 N–H and O–H groups in total. The summed E-state index contributed by atoms with van der Waals surface area (Å²) in [4.78, 5) is 2.67. The molecule has 0 aromatic carbocycles. The van der Waals surface area contributed by atoms with Crippen molar-refractivity contribution < 1.29 is 4.74 Å². The molecule has 1 saturated carbocycles. The number of hydrogen-bond acceptors (Lipinski definition) is 3. The van der Waals surface area contributed by atoms with Crippen LogP contribution in [0.1, 0.15) is 53.4 Å². The molecular formula is C17H34N2O. The number of rotatable bonds is 5. The van der Waals surface area contributed by atoms with Crippen LogP contribution in [0.2, 0.25) is 0 Å². The van der Waals surface area contributed by atoms with Crippen molar-refractivity contribution in [1.82, 2.24) is 10.2 Å². The molecule has 1 heterocycles. The van der Waals surface area contributed by atoms with Gasteiger partial charge in [0.05, 0.1) is 12.7 Å². The first-order valence-electron chi connectivity index (χ1n) is 8.73. The minimum absolute atomic E-state index is 0.398. The lowest BCUT2D eigenvalue weighted by Gasteiger charge is -2.43. The Hall–Kier alpha value is -0.120. The minimum Gasteiger partial charge on any atom is -0.376 e. The van der Waals surface area contributed by atoms with Gasteiger partial charge in [0.15, 0.2) is 0 Å². The first-order chi connectivity index (χ1) is 9.63. The molecule has 2 fully saturated rings. The zero-order chi connectivity index (χ0) is 14.5. The minimum atomic E-state index is 0.398. The van der Waals surface area contributed by atoms with E-state index in [1.54, 1.807) is 0 Å². The molecule has 0 aromatic rings. The molecule has 20 heavy (non-hydrogen) atoms. The van der Waals surface area contributed by atoms with Crippen LogP contribution in [-0.4, -0.2) is 49.3 Å². The van der Waals surface area contributed by atoms with Crippen LogP contribution in [0.3, 0.4) is 0 Å². The van der Waals surface area contributed by atoms with Crippen molar-refractivity contribution in [2.75, 3.05) is 26.2 Å². The van der Waals surface area contributed by atoms with Gasteiger partial charge in [-0.1, -0.05) is 20.3 Å². The molecule has 3 heteroatoms. The predicted molar refractivity (Wildman–Crippen MR) is 85.0 cm³/mol. The van der Waals surface area contributed by atoms with Crippen molar-refractivity contribution in [2.24, 2.45) is 11.8 Å². The third-order valence-corrected chi connectivity index (χ3v) is 5.34. The fourth-order valence-corrected chi connectivity index (χ4v) is 3.99. The summed E-state index contributed by atoms with van der Waals surface area (Å²) in [6.07, 6.45) is 5.94. The molecule has 1 saturated heterocycles. The maximum atomic E-state index is 5.77. The largest absolute Gasteiger partial charge is 0.376 e. The van der Waals surface area contributed by atoms with E-state index in [1.165, 1.54) is 32.2 Å². The molecule has 5 unspecified atom stereocenters. The van der Waals surface area contributed by atoms with Crippen LogP contribution in [0.4, 0.5) is 0 Å². The Bertz CT molecular complexity index is 284. The average molecular weight is 282 g/mol. The van der Waals surface area contributed by atoms with Gasteiger partial charge in [0.1, 0.15) is 0 Å². The van der Waals surface area contributed by atoms with Crippen molar-refractivity contribution in [3.63, 3.8) is 0 Å². The molecule has 3 nitrogen and oxygen atoms in total. The van der Waals surface area contributed by atoms with E-state index in [1.807, 2.05) is 0 Å². The second kappa shape index (κ2) is 7.77. The number of ether oxygens (including phenoxy) is 1. The summed E-state index contributed by atoms with van der Waals surface area (Å²) in [7, 11) is 0. The summed E-state index contributed by atoms with van der Waals surface area (Å²) < 4.78 is 5.77. The Labute approximate surface area is 125 Å². The van der Waals surface area contributed by atoms with E-state index in [0.717, 1.165) is 37.6 Å². The lowest BCUT2D eigenvalue weighted by atomic mass is 9.76. The molecule has 2 rings (SSSR count). The molecule has 1 aliphatic heterocycles. The zero-order valence-corrected chi connectivity index (χ0v) is 13.9. The number of nitrogens with one attached hydrogen (secondary N) is 1. The van der Waals surface area contributed by atoms with Gasteiger partial charge in [-0.15, -0.1) is 0 Å². The predicted octanol–water partition coefficient (Wildman–Crippen LogP) is 2.90. The summed E-state index contributed by atoms with van der Waals surface area (Å²) in [5.74, 6) is 1.77. The second-order valence-corrected chi connectivity index (χ2v) is 6.96. The van der Waals surface area contributed by atoms with Gasteiger partial charge in [-0.25, -0.2) is 0 Å². The van der Waals surface area contributed by atoms with Gasteiger partial charge in [0.25, 0.3) is 0 Å². The molecule has 0 spiro atoms. The van der Waals surface area contributed by atoms with Crippen LogP contribution in [0.25, 0.3) is 0 Å². The maximum Gasteiger partial charge on any atom is 0.0674 e. The highest BCUT2D eigenvalue weighted by molar-refractivity contribution is 4.88. The lowest BCUT2D eigenvalue weighted by molar-refractivity contribution is -0.0585. The molecule has 0 aromatic heterocycles. The molecule has 118 valence electrons. The van der Waals surface area contributed by atoms with E-state index < -0.39 is 0 Å². The van der Waals surface area contributed by atoms with Crippen molar-refractivity contribution in [3.8, 4) is 0 Å². The van der Waals surface area contributed by atoms with Gasteiger partial charge < -0.3 is 10.1 Å². The lowest BCUT2D eigenvalue weighted by Crippen LogP contribution is -2.52. The normalized spacial score (nSPS) is 39.9. The van der Waals surface area contributed by atoms with E-state index in [4.69, 9.17) is 4.74 Å². The molecule has 1 aliphatic carbocycles. The topological polar surface area (TPSA) is 24.5 Å². The fraction of sp³-hybridized carbons (Fsp3) is 1.00. The standard InChI is InChI=1S/C17H34N2O/c1-5-15-7-8-17(18-6-2)16(9-15)11-19-10-14(4)20-12-13(19)3/h13-18H,5-12H2,1-4H3. The van der Waals surface area contributed by atoms with Crippen molar-refractivity contribution in [3.05, 3.63) is 0 Å². The molecule has 5 atom stereocenters. The zero-order valence-electron chi connectivity index (χ0n) is 13.9. The van der Waals surface area contributed by atoms with Gasteiger partial charge in [-0.2, -0.15) is 0 Å². The average Bonchev–Trinajstić information content (AvgIpc) is 2.45. The summed E-state index contributed by atoms with van der Waals surface area (Å²) in [5, 5.41) is 3.74. The first-order valence-corrected chi connectivity index (χ1v) is 8.73. The monoisotopic (exact) mass is 282 g/mol. The van der Waals surface area contributed by atoms with E-state index >= 15 is 0 Å². The molecule has 0 amide bonds. The Balaban J connectivity index is 1.94. The molecule has 2 aliphatic rings. The van der Waals surface area contributed by atoms with E-state index in [2.05, 4.69) is 37.9 Å². The Kier molecular flexibility index (Phi) is 6.31. The van der Waals surface area contributed by atoms with E-state index in [-0.39, 0.29) is 0 Å². The SMILES string of the molecule is CCNC1CCC(CC)CC1CN1CC(C)OCC1C. The Morgan fingerprint density at radius 1 is 1.20 bits per heavy atom. The van der Waals surface area contributed by atoms with Crippen LogP contribution in [-0.2, 0) is 4.74 Å². The van der Waals surface area contributed by atoms with Gasteiger partial charge in [-0.3, -0.25) is 4.90 Å². The summed E-state index contributed by atoms with van der Waals surface area (Å²) in [6.45, 7) is 13.5. The highest BCUT2D eigenvalue weighted by atomic mass is 16.5. The molecule has 0 bridgehead atoms. The number of hydrogen-bond donors (Lipinski definition) is 1. The van der Waals surface area contributed by atoms with Gasteiger partial charge in [-0.05, 0) is 51.5 Å². The summed E-state index contributed by atoms with van der Waals surface area (Å²) in [6, 6.07) is 1.31. The maximum absolute atomic E-state index is 5.77. The van der Waals surface area contributed by atoms with Crippen LogP contribution in [0.15, 0.2) is 0 Å². The van der Waals surface area contributed by atoms with Gasteiger partial charge >= 0.3 is 0 Å². The second-order valence-electron chi connectivity index (χ2n) is 6.96. The van der Waals surface area contributed by atoms with Crippen LogP contribution in [0, 0.1) is 11.8 Å². The Morgan fingerprint density at radius 2 is 2.00 bits per heavy atom. The van der Waals surface area contributed by atoms with Gasteiger partial charge in [0, 0.05) is 25.2 Å². The third kappa shape index (κ3) is 4.19. The highest BCUT2D eigenvalue weighted by Gasteiger charge is 2.33. The fourth-order valence-electron chi connectivity index (χ4n) is 3.99. The molecule has 0 radical (unpaired) electrons. The summed E-state index contributed by atoms with van der Waals surface area (Å²) in [5.41, 5.74) is 0. The van der Waals surface area contributed by atoms with E-state index in [9.17, 15) is 0 Å². The van der Waals surface area contributed by atoms with Crippen molar-refractivity contribution >= 4 is 0 Å². The number of morpholine rings is 1. The third-order valence-electron chi connectivity index (χ3n) is 5.34. The Morgan fingerprint density at radius 3 is 2.70 bits per heavy atom. The smallest absolute Gasteiger partial charge is 0.0674 e. The van der Waals surface area contributed by atoms with Crippen molar-refractivity contribution in [2.45, 2.75) is 71.6 Å².